The number of hydrogen-bond donors (Lipinski definition) is 1. The van der Waals surface area contributed by atoms with Gasteiger partial charge in [-0.25, -0.2) is 4.98 Å². The molecule has 7 heteroatoms. The molecule has 0 unspecified atom stereocenters. The fourth-order valence-electron chi connectivity index (χ4n) is 1.42. The highest BCUT2D eigenvalue weighted by Crippen LogP contribution is 2.26. The van der Waals surface area contributed by atoms with Crippen molar-refractivity contribution in [1.29, 1.82) is 0 Å². The molecule has 82 valence electrons. The Morgan fingerprint density at radius 3 is 3.00 bits per heavy atom. The topological polar surface area (TPSA) is 95.7 Å². The Morgan fingerprint density at radius 2 is 2.18 bits per heavy atom. The van der Waals surface area contributed by atoms with Crippen molar-refractivity contribution in [2.75, 3.05) is 0 Å². The lowest BCUT2D eigenvalue weighted by molar-refractivity contribution is 0.0997. The normalized spacial score (nSPS) is 15.2. The summed E-state index contributed by atoms with van der Waals surface area (Å²) in [5, 5.41) is 7.68. The molecule has 0 radical (unpaired) electrons. The smallest absolute Gasteiger partial charge is 0.299 e. The van der Waals surface area contributed by atoms with Gasteiger partial charge in [0.1, 0.15) is 11.4 Å². The predicted molar refractivity (Wildman–Crippen MR) is 58.2 cm³/mol. The quantitative estimate of drug-likeness (QED) is 0.797. The molecule has 3 rings (SSSR count). The number of aliphatic imine (C=N–C) groups is 1. The molecule has 0 saturated carbocycles. The molecular formula is C10H6N6O. The van der Waals surface area contributed by atoms with E-state index in [1.165, 1.54) is 18.6 Å². The Bertz CT molecular complexity index is 627. The summed E-state index contributed by atoms with van der Waals surface area (Å²) in [5.41, 5.74) is 1.57. The van der Waals surface area contributed by atoms with E-state index < -0.39 is 5.91 Å². The highest BCUT2D eigenvalue weighted by Gasteiger charge is 2.18. The minimum atomic E-state index is -0.485. The first-order chi connectivity index (χ1) is 8.34. The molecule has 0 fully saturated rings. The number of amidine groups is 1. The van der Waals surface area contributed by atoms with Crippen molar-refractivity contribution >= 4 is 17.4 Å². The molecule has 7 nitrogen and oxygen atoms in total. The van der Waals surface area contributed by atoms with Gasteiger partial charge in [0.15, 0.2) is 5.84 Å². The van der Waals surface area contributed by atoms with Crippen LogP contribution in [0.4, 0.5) is 5.69 Å². The molecule has 0 aliphatic carbocycles. The number of nitrogens with one attached hydrogen (secondary N) is 1. The molecule has 1 aliphatic rings. The molecule has 2 aromatic heterocycles. The summed E-state index contributed by atoms with van der Waals surface area (Å²) in [4.78, 5) is 26.1. The van der Waals surface area contributed by atoms with E-state index in [9.17, 15) is 4.79 Å². The number of azo groups is 1. The number of hydrogen-bond acceptors (Lipinski definition) is 4. The van der Waals surface area contributed by atoms with Gasteiger partial charge in [-0.05, 0) is 0 Å². The molecule has 0 saturated heterocycles. The van der Waals surface area contributed by atoms with Crippen LogP contribution in [0, 0.1) is 0 Å². The second-order valence-electron chi connectivity index (χ2n) is 3.29. The molecule has 0 aromatic carbocycles. The number of amides is 1. The maximum absolute atomic E-state index is 11.7. The first-order valence-corrected chi connectivity index (χ1v) is 4.82. The van der Waals surface area contributed by atoms with Crippen LogP contribution in [-0.4, -0.2) is 26.7 Å². The number of nitrogens with zero attached hydrogens (tertiary/aromatic N) is 5. The first kappa shape index (κ1) is 9.52. The van der Waals surface area contributed by atoms with Crippen LogP contribution in [0.3, 0.4) is 0 Å². The Hall–Kier alpha value is -2.70. The first-order valence-electron chi connectivity index (χ1n) is 4.82. The summed E-state index contributed by atoms with van der Waals surface area (Å²) in [5.74, 6) is -0.196. The SMILES string of the molecule is O=C(N=C1N=Nc2c[nH]cc21)c1cnccn1. The van der Waals surface area contributed by atoms with Crippen LogP contribution in [0.25, 0.3) is 0 Å². The van der Waals surface area contributed by atoms with Crippen molar-refractivity contribution in [2.24, 2.45) is 15.2 Å². The van der Waals surface area contributed by atoms with Crippen LogP contribution >= 0.6 is 0 Å². The average Bonchev–Trinajstić information content (AvgIpc) is 2.95. The third-order valence-corrected chi connectivity index (χ3v) is 2.21. The van der Waals surface area contributed by atoms with E-state index in [0.717, 1.165) is 0 Å². The molecule has 0 bridgehead atoms. The average molecular weight is 226 g/mol. The zero-order valence-electron chi connectivity index (χ0n) is 8.53. The molecule has 1 amide bonds. The lowest BCUT2D eigenvalue weighted by Crippen LogP contribution is -2.03. The monoisotopic (exact) mass is 226 g/mol. The van der Waals surface area contributed by atoms with Gasteiger partial charge in [0, 0.05) is 24.8 Å². The molecule has 3 heterocycles. The summed E-state index contributed by atoms with van der Waals surface area (Å²) < 4.78 is 0. The molecular weight excluding hydrogens is 220 g/mol. The maximum atomic E-state index is 11.7. The molecule has 1 aliphatic heterocycles. The zero-order chi connectivity index (χ0) is 11.7. The van der Waals surface area contributed by atoms with E-state index in [2.05, 4.69) is 30.2 Å². The molecule has 0 spiro atoms. The van der Waals surface area contributed by atoms with Crippen molar-refractivity contribution in [2.45, 2.75) is 0 Å². The summed E-state index contributed by atoms with van der Waals surface area (Å²) in [6, 6.07) is 0. The van der Waals surface area contributed by atoms with Crippen LogP contribution < -0.4 is 0 Å². The van der Waals surface area contributed by atoms with E-state index in [1.807, 2.05) is 0 Å². The van der Waals surface area contributed by atoms with Crippen molar-refractivity contribution in [3.8, 4) is 0 Å². The minimum Gasteiger partial charge on any atom is -0.365 e. The van der Waals surface area contributed by atoms with Crippen molar-refractivity contribution in [3.05, 3.63) is 42.2 Å². The number of rotatable bonds is 1. The number of H-pyrrole nitrogens is 1. The van der Waals surface area contributed by atoms with E-state index >= 15 is 0 Å². The van der Waals surface area contributed by atoms with E-state index in [4.69, 9.17) is 0 Å². The highest BCUT2D eigenvalue weighted by molar-refractivity contribution is 6.12. The number of fused-ring (bicyclic) bond motifs is 1. The van der Waals surface area contributed by atoms with Gasteiger partial charge in [0.25, 0.3) is 5.91 Å². The summed E-state index contributed by atoms with van der Waals surface area (Å²) in [6.45, 7) is 0. The van der Waals surface area contributed by atoms with Crippen LogP contribution in [0.2, 0.25) is 0 Å². The summed E-state index contributed by atoms with van der Waals surface area (Å²) in [7, 11) is 0. The van der Waals surface area contributed by atoms with Gasteiger partial charge in [-0.1, -0.05) is 0 Å². The number of aromatic amines is 1. The van der Waals surface area contributed by atoms with Crippen molar-refractivity contribution in [3.63, 3.8) is 0 Å². The zero-order valence-corrected chi connectivity index (χ0v) is 8.53. The lowest BCUT2D eigenvalue weighted by Gasteiger charge is -1.93. The molecule has 17 heavy (non-hydrogen) atoms. The van der Waals surface area contributed by atoms with Crippen LogP contribution in [0.1, 0.15) is 16.1 Å². The Labute approximate surface area is 95.4 Å². The number of aromatic nitrogens is 3. The van der Waals surface area contributed by atoms with Crippen LogP contribution in [0.15, 0.2) is 46.2 Å². The van der Waals surface area contributed by atoms with Crippen molar-refractivity contribution in [1.82, 2.24) is 15.0 Å². The van der Waals surface area contributed by atoms with Gasteiger partial charge in [-0.15, -0.1) is 10.2 Å². The Balaban J connectivity index is 1.95. The molecule has 1 N–H and O–H groups in total. The Morgan fingerprint density at radius 1 is 1.24 bits per heavy atom. The van der Waals surface area contributed by atoms with Crippen LogP contribution in [-0.2, 0) is 0 Å². The second-order valence-corrected chi connectivity index (χ2v) is 3.29. The van der Waals surface area contributed by atoms with Crippen molar-refractivity contribution < 1.29 is 4.79 Å². The van der Waals surface area contributed by atoms with E-state index in [0.29, 0.717) is 11.3 Å². The van der Waals surface area contributed by atoms with Gasteiger partial charge in [0.2, 0.25) is 0 Å². The standard InChI is InChI=1S/C10H6N6O/c17-10(8-5-11-1-2-13-8)14-9-6-3-12-4-7(6)15-16-9/h1-5,12H. The number of carbonyl (C=O) groups is 1. The van der Waals surface area contributed by atoms with E-state index in [1.54, 1.807) is 12.4 Å². The maximum Gasteiger partial charge on any atom is 0.299 e. The van der Waals surface area contributed by atoms with Gasteiger partial charge in [0.05, 0.1) is 11.8 Å². The van der Waals surface area contributed by atoms with E-state index in [-0.39, 0.29) is 11.5 Å². The second kappa shape index (κ2) is 3.71. The minimum absolute atomic E-state index is 0.180. The van der Waals surface area contributed by atoms with Gasteiger partial charge >= 0.3 is 0 Å². The van der Waals surface area contributed by atoms with Gasteiger partial charge < -0.3 is 4.98 Å². The highest BCUT2D eigenvalue weighted by atomic mass is 16.1. The number of carbonyl (C=O) groups excluding carboxylic acids is 1. The largest absolute Gasteiger partial charge is 0.365 e. The fourth-order valence-corrected chi connectivity index (χ4v) is 1.42. The molecule has 2 aromatic rings. The fraction of sp³-hybridized carbons (Fsp3) is 0. The Kier molecular flexibility index (Phi) is 2.08. The lowest BCUT2D eigenvalue weighted by atomic mass is 10.3. The predicted octanol–water partition coefficient (Wildman–Crippen LogP) is 1.49. The van der Waals surface area contributed by atoms with Crippen LogP contribution in [0.5, 0.6) is 0 Å². The summed E-state index contributed by atoms with van der Waals surface area (Å²) >= 11 is 0. The summed E-state index contributed by atoms with van der Waals surface area (Å²) in [6.07, 6.45) is 7.66. The molecule has 0 atom stereocenters. The third-order valence-electron chi connectivity index (χ3n) is 2.21. The third kappa shape index (κ3) is 1.63. The van der Waals surface area contributed by atoms with Gasteiger partial charge in [-0.3, -0.25) is 9.78 Å². The van der Waals surface area contributed by atoms with Gasteiger partial charge in [-0.2, -0.15) is 4.99 Å².